The van der Waals surface area contributed by atoms with Gasteiger partial charge in [0, 0.05) is 43.0 Å². The average molecular weight is 343 g/mol. The lowest BCUT2D eigenvalue weighted by Gasteiger charge is -2.34. The molecule has 0 saturated carbocycles. The molecule has 1 aromatic heterocycles. The maximum absolute atomic E-state index is 12.2. The highest BCUT2D eigenvalue weighted by Crippen LogP contribution is 2.20. The SMILES string of the molecule is CN(C1CNC1)S(=O)(=O)c1cncc(Br)c1.Cl. The van der Waals surface area contributed by atoms with E-state index in [1.807, 2.05) is 0 Å². The van der Waals surface area contributed by atoms with Gasteiger partial charge in [-0.15, -0.1) is 12.4 Å². The number of nitrogens with zero attached hydrogens (tertiary/aromatic N) is 2. The second-order valence-corrected chi connectivity index (χ2v) is 6.59. The molecule has 0 aliphatic carbocycles. The van der Waals surface area contributed by atoms with Crippen molar-refractivity contribution in [3.63, 3.8) is 0 Å². The van der Waals surface area contributed by atoms with Crippen LogP contribution in [0.3, 0.4) is 0 Å². The van der Waals surface area contributed by atoms with Crippen molar-refractivity contribution in [2.75, 3.05) is 20.1 Å². The molecule has 5 nitrogen and oxygen atoms in total. The summed E-state index contributed by atoms with van der Waals surface area (Å²) in [7, 11) is -1.82. The van der Waals surface area contributed by atoms with Crippen LogP contribution in [0, 0.1) is 0 Å². The summed E-state index contributed by atoms with van der Waals surface area (Å²) >= 11 is 3.21. The topological polar surface area (TPSA) is 62.3 Å². The van der Waals surface area contributed by atoms with Crippen LogP contribution in [0.15, 0.2) is 27.8 Å². The van der Waals surface area contributed by atoms with Crippen LogP contribution in [-0.4, -0.2) is 43.9 Å². The predicted molar refractivity (Wildman–Crippen MR) is 70.8 cm³/mol. The van der Waals surface area contributed by atoms with Gasteiger partial charge >= 0.3 is 0 Å². The van der Waals surface area contributed by atoms with Gasteiger partial charge in [-0.25, -0.2) is 8.42 Å². The molecule has 0 amide bonds. The number of halogens is 2. The number of sulfonamides is 1. The molecule has 0 spiro atoms. The molecule has 0 aromatic carbocycles. The largest absolute Gasteiger partial charge is 0.313 e. The predicted octanol–water partition coefficient (Wildman–Crippen LogP) is 0.858. The molecule has 96 valence electrons. The number of pyridine rings is 1. The van der Waals surface area contributed by atoms with Crippen LogP contribution in [0.2, 0.25) is 0 Å². The summed E-state index contributed by atoms with van der Waals surface area (Å²) in [5.74, 6) is 0. The van der Waals surface area contributed by atoms with Crippen LogP contribution in [0.25, 0.3) is 0 Å². The highest BCUT2D eigenvalue weighted by molar-refractivity contribution is 9.10. The molecule has 1 fully saturated rings. The van der Waals surface area contributed by atoms with E-state index in [1.165, 1.54) is 10.5 Å². The van der Waals surface area contributed by atoms with Crippen LogP contribution in [0.4, 0.5) is 0 Å². The molecule has 0 radical (unpaired) electrons. The average Bonchev–Trinajstić information content (AvgIpc) is 2.15. The molecule has 17 heavy (non-hydrogen) atoms. The van der Waals surface area contributed by atoms with Gasteiger partial charge in [-0.3, -0.25) is 4.98 Å². The minimum Gasteiger partial charge on any atom is -0.313 e. The van der Waals surface area contributed by atoms with Gasteiger partial charge in [0.1, 0.15) is 4.90 Å². The van der Waals surface area contributed by atoms with Crippen molar-refractivity contribution in [1.29, 1.82) is 0 Å². The maximum atomic E-state index is 12.2. The zero-order chi connectivity index (χ0) is 11.8. The van der Waals surface area contributed by atoms with E-state index < -0.39 is 10.0 Å². The van der Waals surface area contributed by atoms with E-state index in [4.69, 9.17) is 0 Å². The number of likely N-dealkylation sites (N-methyl/N-ethyl adjacent to an activating group) is 1. The van der Waals surface area contributed by atoms with E-state index in [-0.39, 0.29) is 23.3 Å². The highest BCUT2D eigenvalue weighted by atomic mass is 79.9. The van der Waals surface area contributed by atoms with Crippen molar-refractivity contribution in [3.8, 4) is 0 Å². The summed E-state index contributed by atoms with van der Waals surface area (Å²) in [6.07, 6.45) is 2.92. The summed E-state index contributed by atoms with van der Waals surface area (Å²) < 4.78 is 26.4. The van der Waals surface area contributed by atoms with Crippen molar-refractivity contribution in [1.82, 2.24) is 14.6 Å². The molecule has 1 aromatic rings. The molecule has 1 N–H and O–H groups in total. The lowest BCUT2D eigenvalue weighted by atomic mass is 10.2. The van der Waals surface area contributed by atoms with E-state index in [1.54, 1.807) is 19.3 Å². The second-order valence-electron chi connectivity index (χ2n) is 3.67. The van der Waals surface area contributed by atoms with Gasteiger partial charge in [-0.05, 0) is 22.0 Å². The Balaban J connectivity index is 0.00000144. The van der Waals surface area contributed by atoms with E-state index in [9.17, 15) is 8.42 Å². The number of rotatable bonds is 3. The maximum Gasteiger partial charge on any atom is 0.244 e. The van der Waals surface area contributed by atoms with E-state index in [2.05, 4.69) is 26.2 Å². The van der Waals surface area contributed by atoms with Crippen LogP contribution in [-0.2, 0) is 10.0 Å². The lowest BCUT2D eigenvalue weighted by molar-refractivity contribution is 0.274. The Labute approximate surface area is 115 Å². The molecule has 2 rings (SSSR count). The highest BCUT2D eigenvalue weighted by Gasteiger charge is 2.31. The normalized spacial score (nSPS) is 16.4. The lowest BCUT2D eigenvalue weighted by Crippen LogP contribution is -2.57. The fourth-order valence-corrected chi connectivity index (χ4v) is 3.29. The van der Waals surface area contributed by atoms with Gasteiger partial charge in [-0.2, -0.15) is 4.31 Å². The first-order valence-electron chi connectivity index (χ1n) is 4.81. The van der Waals surface area contributed by atoms with Crippen LogP contribution in [0.1, 0.15) is 0 Å². The summed E-state index contributed by atoms with van der Waals surface area (Å²) in [5.41, 5.74) is 0. The molecule has 0 bridgehead atoms. The Bertz CT molecular complexity index is 493. The molecule has 1 aliphatic heterocycles. The first kappa shape index (κ1) is 14.8. The Morgan fingerprint density at radius 1 is 1.47 bits per heavy atom. The third kappa shape index (κ3) is 2.97. The zero-order valence-corrected chi connectivity index (χ0v) is 12.3. The summed E-state index contributed by atoms with van der Waals surface area (Å²) in [6, 6.07) is 1.61. The van der Waals surface area contributed by atoms with Crippen LogP contribution >= 0.6 is 28.3 Å². The minimum atomic E-state index is -3.42. The molecule has 8 heteroatoms. The number of nitrogens with one attached hydrogen (secondary N) is 1. The Hall–Kier alpha value is -0.210. The van der Waals surface area contributed by atoms with Crippen LogP contribution in [0.5, 0.6) is 0 Å². The third-order valence-electron chi connectivity index (χ3n) is 2.63. The van der Waals surface area contributed by atoms with E-state index in [0.29, 0.717) is 17.6 Å². The molecular weight excluding hydrogens is 330 g/mol. The molecular formula is C9H13BrClN3O2S. The van der Waals surface area contributed by atoms with Crippen molar-refractivity contribution in [2.24, 2.45) is 0 Å². The zero-order valence-electron chi connectivity index (χ0n) is 9.13. The molecule has 2 heterocycles. The molecule has 0 atom stereocenters. The Morgan fingerprint density at radius 3 is 2.59 bits per heavy atom. The van der Waals surface area contributed by atoms with E-state index in [0.717, 1.165) is 0 Å². The standard InChI is InChI=1S/C9H12BrN3O2S.ClH/c1-13(8-4-12-5-8)16(14,15)9-2-7(10)3-11-6-9;/h2-3,6,8,12H,4-5H2,1H3;1H. The van der Waals surface area contributed by atoms with Gasteiger partial charge in [0.2, 0.25) is 10.0 Å². The fraction of sp³-hybridized carbons (Fsp3) is 0.444. The van der Waals surface area contributed by atoms with Gasteiger partial charge in [0.05, 0.1) is 0 Å². The first-order valence-corrected chi connectivity index (χ1v) is 7.04. The first-order chi connectivity index (χ1) is 7.51. The van der Waals surface area contributed by atoms with Crippen LogP contribution < -0.4 is 5.32 Å². The van der Waals surface area contributed by atoms with Gasteiger partial charge < -0.3 is 5.32 Å². The van der Waals surface area contributed by atoms with Crippen molar-refractivity contribution in [3.05, 3.63) is 22.9 Å². The van der Waals surface area contributed by atoms with E-state index >= 15 is 0 Å². The smallest absolute Gasteiger partial charge is 0.244 e. The molecule has 1 aliphatic rings. The van der Waals surface area contributed by atoms with Gasteiger partial charge in [0.25, 0.3) is 0 Å². The number of hydrogen-bond donors (Lipinski definition) is 1. The Morgan fingerprint density at radius 2 is 2.12 bits per heavy atom. The summed E-state index contributed by atoms with van der Waals surface area (Å²) in [4.78, 5) is 4.09. The number of hydrogen-bond acceptors (Lipinski definition) is 4. The van der Waals surface area contributed by atoms with Gasteiger partial charge in [-0.1, -0.05) is 0 Å². The van der Waals surface area contributed by atoms with Crippen molar-refractivity contribution in [2.45, 2.75) is 10.9 Å². The fourth-order valence-electron chi connectivity index (χ4n) is 1.43. The monoisotopic (exact) mass is 341 g/mol. The molecule has 0 unspecified atom stereocenters. The Kier molecular flexibility index (Phi) is 4.91. The van der Waals surface area contributed by atoms with Crippen molar-refractivity contribution < 1.29 is 8.42 Å². The minimum absolute atomic E-state index is 0. The number of aromatic nitrogens is 1. The quantitative estimate of drug-likeness (QED) is 0.885. The third-order valence-corrected chi connectivity index (χ3v) is 4.94. The molecule has 1 saturated heterocycles. The second kappa shape index (κ2) is 5.62. The van der Waals surface area contributed by atoms with Crippen molar-refractivity contribution >= 4 is 38.4 Å². The van der Waals surface area contributed by atoms with Gasteiger partial charge in [0.15, 0.2) is 0 Å². The summed E-state index contributed by atoms with van der Waals surface area (Å²) in [5, 5.41) is 3.05. The summed E-state index contributed by atoms with van der Waals surface area (Å²) in [6.45, 7) is 1.41.